The van der Waals surface area contributed by atoms with E-state index in [4.69, 9.17) is 4.42 Å². The van der Waals surface area contributed by atoms with Crippen LogP contribution in [-0.4, -0.2) is 9.13 Å². The van der Waals surface area contributed by atoms with Crippen molar-refractivity contribution < 1.29 is 4.42 Å². The van der Waals surface area contributed by atoms with Gasteiger partial charge in [-0.15, -0.1) is 0 Å². The van der Waals surface area contributed by atoms with E-state index >= 15 is 0 Å². The zero-order chi connectivity index (χ0) is 45.2. The van der Waals surface area contributed by atoms with Crippen molar-refractivity contribution in [3.8, 4) is 11.4 Å². The van der Waals surface area contributed by atoms with Gasteiger partial charge in [0, 0.05) is 77.8 Å². The second-order valence-electron chi connectivity index (χ2n) is 18.2. The third-order valence-electron chi connectivity index (χ3n) is 14.3. The van der Waals surface area contributed by atoms with Crippen molar-refractivity contribution >= 4 is 121 Å². The van der Waals surface area contributed by atoms with Crippen LogP contribution in [0.3, 0.4) is 0 Å². The van der Waals surface area contributed by atoms with E-state index in [2.05, 4.69) is 262 Å². The first kappa shape index (κ1) is 37.9. The van der Waals surface area contributed by atoms with Crippen LogP contribution in [0.1, 0.15) is 0 Å². The Bertz CT molecular complexity index is 4130. The maximum Gasteiger partial charge on any atom is 0.135 e. The third-order valence-corrected chi connectivity index (χ3v) is 14.3. The molecule has 0 N–H and O–H groups in total. The number of hydrogen-bond donors (Lipinski definition) is 0. The fourth-order valence-electron chi connectivity index (χ4n) is 11.4. The van der Waals surface area contributed by atoms with Crippen molar-refractivity contribution in [3.05, 3.63) is 243 Å². The Morgan fingerprint density at radius 2 is 0.652 bits per heavy atom. The molecule has 5 nitrogen and oxygen atoms in total. The molecule has 15 aromatic rings. The zero-order valence-electron chi connectivity index (χ0n) is 37.3. The molecule has 0 aliphatic rings. The Kier molecular flexibility index (Phi) is 8.00. The predicted octanol–water partition coefficient (Wildman–Crippen LogP) is 17.9. The van der Waals surface area contributed by atoms with Gasteiger partial charge < -0.3 is 23.4 Å². The van der Waals surface area contributed by atoms with E-state index in [1.807, 2.05) is 0 Å². The molecule has 0 amide bonds. The van der Waals surface area contributed by atoms with Gasteiger partial charge in [0.2, 0.25) is 0 Å². The van der Waals surface area contributed by atoms with E-state index in [1.54, 1.807) is 0 Å². The molecule has 0 atom stereocenters. The average molecular weight is 881 g/mol. The molecule has 322 valence electrons. The van der Waals surface area contributed by atoms with Crippen LogP contribution < -0.4 is 9.80 Å². The van der Waals surface area contributed by atoms with Gasteiger partial charge in [-0.05, 0) is 143 Å². The summed E-state index contributed by atoms with van der Waals surface area (Å²) in [6.07, 6.45) is 0. The van der Waals surface area contributed by atoms with Crippen molar-refractivity contribution in [2.24, 2.45) is 0 Å². The van der Waals surface area contributed by atoms with Gasteiger partial charge in [0.15, 0.2) is 0 Å². The maximum absolute atomic E-state index is 6.68. The van der Waals surface area contributed by atoms with Gasteiger partial charge in [0.1, 0.15) is 11.2 Å². The van der Waals surface area contributed by atoms with Crippen LogP contribution in [0.2, 0.25) is 0 Å². The lowest BCUT2D eigenvalue weighted by Crippen LogP contribution is -2.10. The molecule has 0 aliphatic heterocycles. The number of para-hydroxylation sites is 4. The molecule has 3 heterocycles. The molecule has 69 heavy (non-hydrogen) atoms. The molecule has 0 saturated heterocycles. The minimum atomic E-state index is 0.842. The number of rotatable bonds is 8. The Balaban J connectivity index is 0.931. The van der Waals surface area contributed by atoms with Crippen molar-refractivity contribution in [3.63, 3.8) is 0 Å². The van der Waals surface area contributed by atoms with Crippen LogP contribution in [0.4, 0.5) is 34.1 Å². The number of nitrogens with zero attached hydrogens (tertiary/aromatic N) is 4. The van der Waals surface area contributed by atoms with Crippen LogP contribution >= 0.6 is 0 Å². The maximum atomic E-state index is 6.68. The Morgan fingerprint density at radius 3 is 1.09 bits per heavy atom. The lowest BCUT2D eigenvalue weighted by Gasteiger charge is -2.26. The molecule has 3 aromatic heterocycles. The van der Waals surface area contributed by atoms with Gasteiger partial charge in [-0.2, -0.15) is 0 Å². The summed E-state index contributed by atoms with van der Waals surface area (Å²) in [7, 11) is 0. The van der Waals surface area contributed by atoms with Crippen LogP contribution in [0.5, 0.6) is 0 Å². The van der Waals surface area contributed by atoms with E-state index in [1.165, 1.54) is 65.2 Å². The quantitative estimate of drug-likeness (QED) is 0.142. The molecule has 0 aliphatic carbocycles. The molecule has 0 spiro atoms. The summed E-state index contributed by atoms with van der Waals surface area (Å²) in [6, 6.07) is 87.9. The normalized spacial score (nSPS) is 12.1. The number of aromatic nitrogens is 2. The molecule has 0 bridgehead atoms. The van der Waals surface area contributed by atoms with Gasteiger partial charge in [0.05, 0.1) is 22.1 Å². The van der Waals surface area contributed by atoms with E-state index < -0.39 is 0 Å². The molecule has 0 radical (unpaired) electrons. The van der Waals surface area contributed by atoms with Crippen molar-refractivity contribution in [2.75, 3.05) is 9.80 Å². The predicted molar refractivity (Wildman–Crippen MR) is 289 cm³/mol. The van der Waals surface area contributed by atoms with Crippen molar-refractivity contribution in [1.29, 1.82) is 0 Å². The number of benzene rings is 12. The summed E-state index contributed by atoms with van der Waals surface area (Å²) in [5.41, 5.74) is 15.1. The smallest absolute Gasteiger partial charge is 0.135 e. The molecule has 15 rings (SSSR count). The van der Waals surface area contributed by atoms with Crippen molar-refractivity contribution in [2.45, 2.75) is 0 Å². The molecule has 0 fully saturated rings. The molecule has 5 heteroatoms. The van der Waals surface area contributed by atoms with Gasteiger partial charge in [-0.3, -0.25) is 0 Å². The highest BCUT2D eigenvalue weighted by Gasteiger charge is 2.24. The summed E-state index contributed by atoms with van der Waals surface area (Å²) in [6.45, 7) is 0. The first-order valence-electron chi connectivity index (χ1n) is 23.6. The SMILES string of the molecule is c1ccc(N(c2ccc3oc4ccc(N(c5ccccc5)c5cc6ccc7cccc8c7c6c(c5)n8-c5ccccc5)cc4c3c2)c2cc3ccc4cccc5c4c3c(c2)n5-c2ccccc2)cc1. The van der Waals surface area contributed by atoms with E-state index in [0.29, 0.717) is 0 Å². The molecule has 0 saturated carbocycles. The topological polar surface area (TPSA) is 29.5 Å². The Labute approximate surface area is 396 Å². The van der Waals surface area contributed by atoms with E-state index in [-0.39, 0.29) is 0 Å². The van der Waals surface area contributed by atoms with Crippen LogP contribution in [0.15, 0.2) is 247 Å². The summed E-state index contributed by atoms with van der Waals surface area (Å²) in [5, 5.41) is 12.1. The second kappa shape index (κ2) is 14.6. The first-order valence-corrected chi connectivity index (χ1v) is 23.6. The summed E-state index contributed by atoms with van der Waals surface area (Å²) >= 11 is 0. The van der Waals surface area contributed by atoms with Gasteiger partial charge in [0.25, 0.3) is 0 Å². The highest BCUT2D eigenvalue weighted by atomic mass is 16.3. The molecule has 0 unspecified atom stereocenters. The lowest BCUT2D eigenvalue weighted by molar-refractivity contribution is 0.669. The monoisotopic (exact) mass is 880 g/mol. The molecular formula is C64H40N4O. The van der Waals surface area contributed by atoms with Crippen molar-refractivity contribution in [1.82, 2.24) is 9.13 Å². The zero-order valence-corrected chi connectivity index (χ0v) is 37.3. The Morgan fingerprint density at radius 1 is 0.261 bits per heavy atom. The van der Waals surface area contributed by atoms with Gasteiger partial charge >= 0.3 is 0 Å². The fraction of sp³-hybridized carbons (Fsp3) is 0. The largest absolute Gasteiger partial charge is 0.456 e. The second-order valence-corrected chi connectivity index (χ2v) is 18.2. The fourth-order valence-corrected chi connectivity index (χ4v) is 11.4. The van der Waals surface area contributed by atoms with Gasteiger partial charge in [-0.25, -0.2) is 0 Å². The van der Waals surface area contributed by atoms with Crippen LogP contribution in [0, 0.1) is 0 Å². The number of furan rings is 1. The number of fused-ring (bicyclic) bond motifs is 3. The van der Waals surface area contributed by atoms with Gasteiger partial charge in [-0.1, -0.05) is 121 Å². The third kappa shape index (κ3) is 5.65. The first-order chi connectivity index (χ1) is 34.2. The summed E-state index contributed by atoms with van der Waals surface area (Å²) in [4.78, 5) is 4.77. The Hall–Kier alpha value is -9.32. The van der Waals surface area contributed by atoms with Crippen LogP contribution in [0.25, 0.3) is 98.5 Å². The van der Waals surface area contributed by atoms with E-state index in [0.717, 1.165) is 67.4 Å². The molecule has 12 aromatic carbocycles. The number of hydrogen-bond acceptors (Lipinski definition) is 3. The lowest BCUT2D eigenvalue weighted by atomic mass is 10.0. The molecular weight excluding hydrogens is 841 g/mol. The summed E-state index contributed by atoms with van der Waals surface area (Å²) < 4.78 is 11.5. The minimum Gasteiger partial charge on any atom is -0.456 e. The standard InChI is InChI=1S/C64H40N4O/c1-5-17-45(18-6-1)65(51-35-43-29-27-41-15-13-25-55-61(41)63(43)57(39-51)67(55)47-21-9-3-10-22-47)49-31-33-59-53(37-49)54-38-50(32-34-60(54)69-59)66(46-19-7-2-8-20-46)52-36-44-30-28-42-16-14-26-56-62(42)64(44)58(40-52)68(56)48-23-11-4-12-24-48/h1-40H. The highest BCUT2D eigenvalue weighted by molar-refractivity contribution is 6.26. The van der Waals surface area contributed by atoms with Crippen LogP contribution in [-0.2, 0) is 0 Å². The van der Waals surface area contributed by atoms with E-state index in [9.17, 15) is 0 Å². The summed E-state index contributed by atoms with van der Waals surface area (Å²) in [5.74, 6) is 0. The minimum absolute atomic E-state index is 0.842. The number of anilines is 6. The highest BCUT2D eigenvalue weighted by Crippen LogP contribution is 2.47. The average Bonchev–Trinajstić information content (AvgIpc) is 4.07.